The summed E-state index contributed by atoms with van der Waals surface area (Å²) in [7, 11) is 0. The van der Waals surface area contributed by atoms with Gasteiger partial charge in [-0.2, -0.15) is 13.2 Å². The van der Waals surface area contributed by atoms with Crippen molar-refractivity contribution in [3.63, 3.8) is 0 Å². The average Bonchev–Trinajstić information content (AvgIpc) is 2.36. The van der Waals surface area contributed by atoms with Gasteiger partial charge in [-0.1, -0.05) is 25.1 Å². The Labute approximate surface area is 116 Å². The molecule has 6 heteroatoms. The first kappa shape index (κ1) is 16.5. The molecule has 1 aromatic rings. The van der Waals surface area contributed by atoms with Crippen molar-refractivity contribution in [1.29, 1.82) is 0 Å². The fourth-order valence-corrected chi connectivity index (χ4v) is 1.87. The summed E-state index contributed by atoms with van der Waals surface area (Å²) in [6, 6.07) is 5.22. The van der Waals surface area contributed by atoms with Crippen LogP contribution in [0.3, 0.4) is 0 Å². The SMILES string of the molecule is CCN[C@H](C)CNC(=O)Cc1ccccc1C(F)(F)F. The summed E-state index contributed by atoms with van der Waals surface area (Å²) >= 11 is 0. The predicted molar refractivity (Wildman–Crippen MR) is 71.3 cm³/mol. The summed E-state index contributed by atoms with van der Waals surface area (Å²) in [5, 5.41) is 5.73. The van der Waals surface area contributed by atoms with Gasteiger partial charge in [0.05, 0.1) is 12.0 Å². The molecule has 0 spiro atoms. The van der Waals surface area contributed by atoms with Gasteiger partial charge >= 0.3 is 6.18 Å². The second-order valence-electron chi connectivity index (χ2n) is 4.59. The first-order valence-electron chi connectivity index (χ1n) is 6.49. The van der Waals surface area contributed by atoms with Crippen LogP contribution in [0.1, 0.15) is 25.0 Å². The summed E-state index contributed by atoms with van der Waals surface area (Å²) in [4.78, 5) is 11.7. The maximum Gasteiger partial charge on any atom is 0.416 e. The Bertz CT molecular complexity index is 446. The minimum absolute atomic E-state index is 0.00592. The Kier molecular flexibility index (Phi) is 6.01. The number of halogens is 3. The van der Waals surface area contributed by atoms with Crippen LogP contribution in [-0.4, -0.2) is 25.0 Å². The van der Waals surface area contributed by atoms with Gasteiger partial charge in [0.25, 0.3) is 0 Å². The highest BCUT2D eigenvalue weighted by Crippen LogP contribution is 2.31. The van der Waals surface area contributed by atoms with E-state index in [1.165, 1.54) is 18.2 Å². The van der Waals surface area contributed by atoms with Crippen LogP contribution < -0.4 is 10.6 Å². The molecule has 1 aromatic carbocycles. The Morgan fingerprint density at radius 3 is 2.55 bits per heavy atom. The summed E-state index contributed by atoms with van der Waals surface area (Å²) in [6.45, 7) is 5.00. The monoisotopic (exact) mass is 288 g/mol. The van der Waals surface area contributed by atoms with Crippen LogP contribution >= 0.6 is 0 Å². The van der Waals surface area contributed by atoms with E-state index < -0.39 is 17.6 Å². The van der Waals surface area contributed by atoms with Crippen molar-refractivity contribution in [3.05, 3.63) is 35.4 Å². The molecule has 112 valence electrons. The Morgan fingerprint density at radius 1 is 1.30 bits per heavy atom. The molecule has 0 aliphatic rings. The highest BCUT2D eigenvalue weighted by molar-refractivity contribution is 5.79. The Morgan fingerprint density at radius 2 is 1.95 bits per heavy atom. The van der Waals surface area contributed by atoms with Gasteiger partial charge in [0.2, 0.25) is 5.91 Å². The molecule has 0 heterocycles. The number of likely N-dealkylation sites (N-methyl/N-ethyl adjacent to an activating group) is 1. The minimum atomic E-state index is -4.44. The predicted octanol–water partition coefficient (Wildman–Crippen LogP) is 2.36. The van der Waals surface area contributed by atoms with Crippen LogP contribution in [0.25, 0.3) is 0 Å². The number of carbonyl (C=O) groups is 1. The van der Waals surface area contributed by atoms with Gasteiger partial charge in [-0.3, -0.25) is 4.79 Å². The van der Waals surface area contributed by atoms with E-state index in [0.29, 0.717) is 6.54 Å². The minimum Gasteiger partial charge on any atom is -0.354 e. The third kappa shape index (κ3) is 5.21. The number of amides is 1. The molecule has 0 saturated heterocycles. The maximum atomic E-state index is 12.8. The fourth-order valence-electron chi connectivity index (χ4n) is 1.87. The van der Waals surface area contributed by atoms with E-state index in [9.17, 15) is 18.0 Å². The first-order chi connectivity index (χ1) is 9.34. The van der Waals surface area contributed by atoms with E-state index in [4.69, 9.17) is 0 Å². The Balaban J connectivity index is 2.63. The van der Waals surface area contributed by atoms with Crippen LogP contribution in [0.4, 0.5) is 13.2 Å². The lowest BCUT2D eigenvalue weighted by atomic mass is 10.0. The second-order valence-corrected chi connectivity index (χ2v) is 4.59. The normalized spacial score (nSPS) is 13.1. The molecule has 0 bridgehead atoms. The van der Waals surface area contributed by atoms with E-state index in [2.05, 4.69) is 10.6 Å². The number of benzene rings is 1. The molecule has 1 amide bonds. The number of hydrogen-bond acceptors (Lipinski definition) is 2. The van der Waals surface area contributed by atoms with E-state index >= 15 is 0 Å². The molecule has 3 nitrogen and oxygen atoms in total. The molecule has 0 aliphatic carbocycles. The van der Waals surface area contributed by atoms with E-state index in [1.807, 2.05) is 13.8 Å². The zero-order valence-electron chi connectivity index (χ0n) is 11.6. The fraction of sp³-hybridized carbons (Fsp3) is 0.500. The van der Waals surface area contributed by atoms with Gasteiger partial charge in [0.1, 0.15) is 0 Å². The second kappa shape index (κ2) is 7.28. The van der Waals surface area contributed by atoms with Gasteiger partial charge in [-0.05, 0) is 25.1 Å². The molecule has 1 atom stereocenters. The lowest BCUT2D eigenvalue weighted by molar-refractivity contribution is -0.138. The molecular weight excluding hydrogens is 269 g/mol. The maximum absolute atomic E-state index is 12.8. The summed E-state index contributed by atoms with van der Waals surface area (Å²) in [5.74, 6) is -0.411. The molecule has 0 aromatic heterocycles. The van der Waals surface area contributed by atoms with Gasteiger partial charge in [0.15, 0.2) is 0 Å². The van der Waals surface area contributed by atoms with Crippen molar-refractivity contribution in [2.24, 2.45) is 0 Å². The van der Waals surface area contributed by atoms with E-state index in [1.54, 1.807) is 0 Å². The number of alkyl halides is 3. The van der Waals surface area contributed by atoms with Crippen molar-refractivity contribution in [1.82, 2.24) is 10.6 Å². The van der Waals surface area contributed by atoms with Crippen LogP contribution in [0.15, 0.2) is 24.3 Å². The third-order valence-corrected chi connectivity index (χ3v) is 2.83. The van der Waals surface area contributed by atoms with Gasteiger partial charge in [0, 0.05) is 12.6 Å². The van der Waals surface area contributed by atoms with E-state index in [0.717, 1.165) is 12.6 Å². The van der Waals surface area contributed by atoms with Crippen molar-refractivity contribution in [2.75, 3.05) is 13.1 Å². The third-order valence-electron chi connectivity index (χ3n) is 2.83. The molecule has 0 fully saturated rings. The van der Waals surface area contributed by atoms with Crippen LogP contribution in [0.5, 0.6) is 0 Å². The van der Waals surface area contributed by atoms with Crippen LogP contribution in [0, 0.1) is 0 Å². The number of carbonyl (C=O) groups excluding carboxylic acids is 1. The molecule has 0 unspecified atom stereocenters. The Hall–Kier alpha value is -1.56. The zero-order valence-corrected chi connectivity index (χ0v) is 11.6. The first-order valence-corrected chi connectivity index (χ1v) is 6.49. The lowest BCUT2D eigenvalue weighted by Crippen LogP contribution is -2.39. The van der Waals surface area contributed by atoms with Crippen molar-refractivity contribution < 1.29 is 18.0 Å². The number of nitrogens with one attached hydrogen (secondary N) is 2. The van der Waals surface area contributed by atoms with E-state index in [-0.39, 0.29) is 18.0 Å². The van der Waals surface area contributed by atoms with Crippen LogP contribution in [0.2, 0.25) is 0 Å². The largest absolute Gasteiger partial charge is 0.416 e. The smallest absolute Gasteiger partial charge is 0.354 e. The molecule has 20 heavy (non-hydrogen) atoms. The molecular formula is C14H19F3N2O. The van der Waals surface area contributed by atoms with Gasteiger partial charge in [-0.25, -0.2) is 0 Å². The average molecular weight is 288 g/mol. The highest BCUT2D eigenvalue weighted by atomic mass is 19.4. The van der Waals surface area contributed by atoms with Gasteiger partial charge < -0.3 is 10.6 Å². The molecule has 0 saturated carbocycles. The topological polar surface area (TPSA) is 41.1 Å². The number of hydrogen-bond donors (Lipinski definition) is 2. The van der Waals surface area contributed by atoms with Crippen molar-refractivity contribution in [3.8, 4) is 0 Å². The van der Waals surface area contributed by atoms with Crippen molar-refractivity contribution in [2.45, 2.75) is 32.5 Å². The molecule has 2 N–H and O–H groups in total. The molecule has 0 radical (unpaired) electrons. The highest BCUT2D eigenvalue weighted by Gasteiger charge is 2.33. The lowest BCUT2D eigenvalue weighted by Gasteiger charge is -2.15. The summed E-state index contributed by atoms with van der Waals surface area (Å²) < 4.78 is 38.3. The quantitative estimate of drug-likeness (QED) is 0.843. The van der Waals surface area contributed by atoms with Crippen LogP contribution in [-0.2, 0) is 17.4 Å². The summed E-state index contributed by atoms with van der Waals surface area (Å²) in [6.07, 6.45) is -4.71. The standard InChI is InChI=1S/C14H19F3N2O/c1-3-18-10(2)9-19-13(20)8-11-6-4-5-7-12(11)14(15,16)17/h4-7,10,18H,3,8-9H2,1-2H3,(H,19,20)/t10-/m1/s1. The molecule has 0 aliphatic heterocycles. The van der Waals surface area contributed by atoms with Crippen molar-refractivity contribution >= 4 is 5.91 Å². The van der Waals surface area contributed by atoms with Gasteiger partial charge in [-0.15, -0.1) is 0 Å². The summed E-state index contributed by atoms with van der Waals surface area (Å²) in [5.41, 5.74) is -0.761. The zero-order chi connectivity index (χ0) is 15.2. The number of rotatable bonds is 6. The molecule has 1 rings (SSSR count).